The molecular formula is C27H16BrNO4. The second kappa shape index (κ2) is 7.90. The maximum Gasteiger partial charge on any atom is 0.345 e. The van der Waals surface area contributed by atoms with Gasteiger partial charge in [-0.25, -0.2) is 9.78 Å². The van der Waals surface area contributed by atoms with Crippen LogP contribution < -0.4 is 15.1 Å². The molecule has 0 saturated heterocycles. The normalized spacial score (nSPS) is 12.3. The third kappa shape index (κ3) is 3.68. The summed E-state index contributed by atoms with van der Waals surface area (Å²) in [6.07, 6.45) is 0. The molecule has 6 heteroatoms. The molecule has 0 unspecified atom stereocenters. The molecule has 5 aromatic rings. The van der Waals surface area contributed by atoms with Gasteiger partial charge in [0.25, 0.3) is 0 Å². The molecule has 0 atom stereocenters. The van der Waals surface area contributed by atoms with Crippen molar-refractivity contribution in [3.8, 4) is 45.1 Å². The van der Waals surface area contributed by atoms with E-state index in [9.17, 15) is 4.79 Å². The van der Waals surface area contributed by atoms with Gasteiger partial charge in [0, 0.05) is 15.4 Å². The van der Waals surface area contributed by atoms with Crippen LogP contribution in [0.5, 0.6) is 11.5 Å². The summed E-state index contributed by atoms with van der Waals surface area (Å²) in [5.41, 5.74) is 4.60. The fourth-order valence-corrected chi connectivity index (χ4v) is 4.32. The van der Waals surface area contributed by atoms with E-state index >= 15 is 0 Å². The average molecular weight is 498 g/mol. The molecular weight excluding hydrogens is 482 g/mol. The fourth-order valence-electron chi connectivity index (χ4n) is 3.94. The van der Waals surface area contributed by atoms with E-state index in [0.717, 1.165) is 38.0 Å². The molecule has 1 aliphatic rings. The molecule has 0 N–H and O–H groups in total. The summed E-state index contributed by atoms with van der Waals surface area (Å²) < 4.78 is 17.5. The molecule has 160 valence electrons. The summed E-state index contributed by atoms with van der Waals surface area (Å²) in [7, 11) is 0. The van der Waals surface area contributed by atoms with E-state index in [-0.39, 0.29) is 6.79 Å². The van der Waals surface area contributed by atoms with Gasteiger partial charge in [0.05, 0.1) is 17.0 Å². The van der Waals surface area contributed by atoms with E-state index in [1.165, 1.54) is 0 Å². The Bertz CT molecular complexity index is 1580. The number of rotatable bonds is 3. The van der Waals surface area contributed by atoms with Crippen molar-refractivity contribution in [3.05, 3.63) is 99.8 Å². The topological polar surface area (TPSA) is 61.6 Å². The van der Waals surface area contributed by atoms with Crippen molar-refractivity contribution in [1.82, 2.24) is 4.98 Å². The van der Waals surface area contributed by atoms with Crippen LogP contribution in [0.3, 0.4) is 0 Å². The first-order valence-corrected chi connectivity index (χ1v) is 11.1. The lowest BCUT2D eigenvalue weighted by Gasteiger charge is -2.11. The highest BCUT2D eigenvalue weighted by Gasteiger charge is 2.17. The minimum Gasteiger partial charge on any atom is -0.454 e. The Kier molecular flexibility index (Phi) is 4.73. The lowest BCUT2D eigenvalue weighted by Crippen LogP contribution is -2.04. The summed E-state index contributed by atoms with van der Waals surface area (Å²) in [5, 5.41) is 0.815. The first-order chi connectivity index (χ1) is 16.1. The third-order valence-electron chi connectivity index (χ3n) is 5.57. The van der Waals surface area contributed by atoms with Crippen molar-refractivity contribution in [2.45, 2.75) is 0 Å². The highest BCUT2D eigenvalue weighted by Crippen LogP contribution is 2.37. The van der Waals surface area contributed by atoms with Crippen molar-refractivity contribution in [2.24, 2.45) is 0 Å². The molecule has 3 aromatic carbocycles. The number of hydrogen-bond acceptors (Lipinski definition) is 5. The lowest BCUT2D eigenvalue weighted by molar-refractivity contribution is 0.174. The number of nitrogens with zero attached hydrogens (tertiary/aromatic N) is 1. The number of hydrogen-bond donors (Lipinski definition) is 0. The van der Waals surface area contributed by atoms with E-state index in [1.807, 2.05) is 78.9 Å². The van der Waals surface area contributed by atoms with Crippen LogP contribution in [0.1, 0.15) is 0 Å². The molecule has 2 aromatic heterocycles. The molecule has 6 rings (SSSR count). The maximum absolute atomic E-state index is 12.9. The Morgan fingerprint density at radius 3 is 2.42 bits per heavy atom. The number of ether oxygens (including phenoxy) is 2. The van der Waals surface area contributed by atoms with Crippen molar-refractivity contribution in [1.29, 1.82) is 0 Å². The number of benzene rings is 3. The van der Waals surface area contributed by atoms with Gasteiger partial charge >= 0.3 is 5.63 Å². The Morgan fingerprint density at radius 2 is 1.55 bits per heavy atom. The van der Waals surface area contributed by atoms with Crippen LogP contribution in [-0.4, -0.2) is 11.8 Å². The Balaban J connectivity index is 1.58. The van der Waals surface area contributed by atoms with Gasteiger partial charge in [-0.15, -0.1) is 0 Å². The van der Waals surface area contributed by atoms with Gasteiger partial charge in [0.1, 0.15) is 5.58 Å². The number of aromatic nitrogens is 1. The molecule has 5 nitrogen and oxygen atoms in total. The number of halogens is 1. The van der Waals surface area contributed by atoms with Crippen LogP contribution in [-0.2, 0) is 0 Å². The molecule has 1 aliphatic heterocycles. The van der Waals surface area contributed by atoms with Gasteiger partial charge in [-0.1, -0.05) is 52.3 Å². The zero-order valence-corrected chi connectivity index (χ0v) is 18.8. The predicted octanol–water partition coefficient (Wildman–Crippen LogP) is 6.68. The second-order valence-electron chi connectivity index (χ2n) is 7.69. The molecule has 0 fully saturated rings. The first-order valence-electron chi connectivity index (χ1n) is 10.4. The minimum atomic E-state index is -0.431. The van der Waals surface area contributed by atoms with E-state index in [4.69, 9.17) is 18.9 Å². The second-order valence-corrected chi connectivity index (χ2v) is 8.61. The predicted molar refractivity (Wildman–Crippen MR) is 130 cm³/mol. The van der Waals surface area contributed by atoms with Gasteiger partial charge < -0.3 is 13.9 Å². The largest absolute Gasteiger partial charge is 0.454 e. The lowest BCUT2D eigenvalue weighted by atomic mass is 10.00. The summed E-state index contributed by atoms with van der Waals surface area (Å²) in [6.45, 7) is 0.212. The van der Waals surface area contributed by atoms with Crippen molar-refractivity contribution in [2.75, 3.05) is 6.79 Å². The van der Waals surface area contributed by atoms with Gasteiger partial charge in [-0.05, 0) is 59.7 Å². The Labute approximate surface area is 197 Å². The molecule has 0 saturated carbocycles. The van der Waals surface area contributed by atoms with Crippen LogP contribution in [0.25, 0.3) is 44.6 Å². The molecule has 0 bridgehead atoms. The third-order valence-corrected chi connectivity index (χ3v) is 6.06. The van der Waals surface area contributed by atoms with Gasteiger partial charge in [-0.2, -0.15) is 0 Å². The van der Waals surface area contributed by atoms with E-state index in [1.54, 1.807) is 6.07 Å². The van der Waals surface area contributed by atoms with Crippen molar-refractivity contribution >= 4 is 26.9 Å². The summed E-state index contributed by atoms with van der Waals surface area (Å²) in [4.78, 5) is 17.7. The molecule has 3 heterocycles. The highest BCUT2D eigenvalue weighted by molar-refractivity contribution is 9.10. The van der Waals surface area contributed by atoms with Gasteiger partial charge in [0.15, 0.2) is 11.5 Å². The van der Waals surface area contributed by atoms with Crippen LogP contribution in [0.4, 0.5) is 0 Å². The fraction of sp³-hybridized carbons (Fsp3) is 0.0370. The van der Waals surface area contributed by atoms with E-state index in [0.29, 0.717) is 22.6 Å². The van der Waals surface area contributed by atoms with Crippen LogP contribution in [0.15, 0.2) is 98.6 Å². The van der Waals surface area contributed by atoms with E-state index in [2.05, 4.69) is 15.9 Å². The molecule has 0 aliphatic carbocycles. The number of fused-ring (bicyclic) bond motifs is 2. The van der Waals surface area contributed by atoms with Gasteiger partial charge in [0.2, 0.25) is 6.79 Å². The Morgan fingerprint density at radius 1 is 0.727 bits per heavy atom. The summed E-state index contributed by atoms with van der Waals surface area (Å²) in [5.74, 6) is 1.42. The summed E-state index contributed by atoms with van der Waals surface area (Å²) in [6, 6.07) is 27.0. The Hall–Kier alpha value is -3.90. The maximum atomic E-state index is 12.9. The molecule has 0 spiro atoms. The van der Waals surface area contributed by atoms with Crippen molar-refractivity contribution < 1.29 is 13.9 Å². The summed E-state index contributed by atoms with van der Waals surface area (Å²) >= 11 is 3.48. The molecule has 0 amide bonds. The van der Waals surface area contributed by atoms with Crippen molar-refractivity contribution in [3.63, 3.8) is 0 Å². The van der Waals surface area contributed by atoms with Crippen LogP contribution in [0, 0.1) is 0 Å². The monoisotopic (exact) mass is 497 g/mol. The smallest absolute Gasteiger partial charge is 0.345 e. The first kappa shape index (κ1) is 19.8. The zero-order chi connectivity index (χ0) is 22.4. The minimum absolute atomic E-state index is 0.212. The standard InChI is InChI=1S/C27H16BrNO4/c28-20-7-9-24-19(10-20)11-21(27(30)33-24)23-13-18(12-22(29-23)16-4-2-1-3-5-16)17-6-8-25-26(14-17)32-15-31-25/h1-14H,15H2. The van der Waals surface area contributed by atoms with E-state index < -0.39 is 5.63 Å². The zero-order valence-electron chi connectivity index (χ0n) is 17.2. The van der Waals surface area contributed by atoms with Crippen LogP contribution >= 0.6 is 15.9 Å². The highest BCUT2D eigenvalue weighted by atomic mass is 79.9. The molecule has 0 radical (unpaired) electrons. The molecule has 33 heavy (non-hydrogen) atoms. The quantitative estimate of drug-likeness (QED) is 0.260. The SMILES string of the molecule is O=c1oc2ccc(Br)cc2cc1-c1cc(-c2ccc3c(c2)OCO3)cc(-c2ccccc2)n1. The average Bonchev–Trinajstić information content (AvgIpc) is 3.32. The van der Waals surface area contributed by atoms with Crippen LogP contribution in [0.2, 0.25) is 0 Å². The van der Waals surface area contributed by atoms with Gasteiger partial charge in [-0.3, -0.25) is 0 Å². The number of pyridine rings is 1.